The molecule has 0 aliphatic heterocycles. The Morgan fingerprint density at radius 1 is 1.03 bits per heavy atom. The number of hydrogen-bond acceptors (Lipinski definition) is 5. The number of fused-ring (bicyclic) bond motifs is 1. The van der Waals surface area contributed by atoms with E-state index in [-0.39, 0.29) is 5.43 Å². The van der Waals surface area contributed by atoms with Gasteiger partial charge in [-0.25, -0.2) is 9.67 Å². The number of aromatic nitrogens is 6. The summed E-state index contributed by atoms with van der Waals surface area (Å²) in [6.45, 7) is 0.421. The van der Waals surface area contributed by atoms with Gasteiger partial charge in [0, 0.05) is 13.5 Å². The minimum atomic E-state index is -0.217. The maximum Gasteiger partial charge on any atom is 0.251 e. The van der Waals surface area contributed by atoms with Crippen LogP contribution in [-0.4, -0.2) is 35.7 Å². The highest BCUT2D eigenvalue weighted by Crippen LogP contribution is 2.32. The van der Waals surface area contributed by atoms with Gasteiger partial charge in [-0.3, -0.25) is 9.48 Å². The number of ether oxygens (including phenoxy) is 1. The number of rotatable bonds is 8. The molecule has 1 aliphatic rings. The molecule has 0 spiro atoms. The van der Waals surface area contributed by atoms with Crippen molar-refractivity contribution in [1.29, 1.82) is 0 Å². The molecule has 0 radical (unpaired) electrons. The molecule has 1 saturated carbocycles. The average molecular weight is 481 g/mol. The third kappa shape index (κ3) is 4.08. The highest BCUT2D eigenvalue weighted by Gasteiger charge is 2.24. The summed E-state index contributed by atoms with van der Waals surface area (Å²) in [5.74, 6) is 1.34. The van der Waals surface area contributed by atoms with E-state index in [9.17, 15) is 4.79 Å². The lowest BCUT2D eigenvalue weighted by Crippen LogP contribution is -2.25. The van der Waals surface area contributed by atoms with Gasteiger partial charge in [0.15, 0.2) is 11.4 Å². The van der Waals surface area contributed by atoms with Gasteiger partial charge < -0.3 is 9.30 Å². The van der Waals surface area contributed by atoms with E-state index in [0.29, 0.717) is 29.8 Å². The minimum Gasteiger partial charge on any atom is -0.488 e. The van der Waals surface area contributed by atoms with Crippen LogP contribution in [0.1, 0.15) is 37.5 Å². The Balaban J connectivity index is 1.26. The molecule has 2 aromatic carbocycles. The van der Waals surface area contributed by atoms with Crippen molar-refractivity contribution in [3.63, 3.8) is 0 Å². The third-order valence-electron chi connectivity index (χ3n) is 6.92. The summed E-state index contributed by atoms with van der Waals surface area (Å²) >= 11 is 0. The largest absolute Gasteiger partial charge is 0.488 e. The van der Waals surface area contributed by atoms with Crippen LogP contribution >= 0.6 is 0 Å². The lowest BCUT2D eigenvalue weighted by molar-refractivity contribution is 0.268. The van der Waals surface area contributed by atoms with Gasteiger partial charge >= 0.3 is 0 Å². The number of aryl methyl sites for hydroxylation is 2. The van der Waals surface area contributed by atoms with Crippen molar-refractivity contribution in [3.05, 3.63) is 89.1 Å². The van der Waals surface area contributed by atoms with E-state index in [1.165, 1.54) is 6.42 Å². The molecule has 0 N–H and O–H groups in total. The van der Waals surface area contributed by atoms with Crippen LogP contribution in [0.4, 0.5) is 0 Å². The zero-order valence-electron chi connectivity index (χ0n) is 20.2. The maximum absolute atomic E-state index is 13.5. The fourth-order valence-electron chi connectivity index (χ4n) is 4.68. The summed E-state index contributed by atoms with van der Waals surface area (Å²) in [5.41, 5.74) is 3.79. The fraction of sp³-hybridized carbons (Fsp3) is 0.286. The first kappa shape index (κ1) is 22.3. The monoisotopic (exact) mass is 480 g/mol. The molecule has 0 atom stereocenters. The van der Waals surface area contributed by atoms with E-state index < -0.39 is 0 Å². The Morgan fingerprint density at radius 3 is 2.61 bits per heavy atom. The second-order valence-corrected chi connectivity index (χ2v) is 9.23. The van der Waals surface area contributed by atoms with E-state index in [2.05, 4.69) is 15.7 Å². The molecule has 6 rings (SSSR count). The van der Waals surface area contributed by atoms with Gasteiger partial charge in [-0.05, 0) is 56.0 Å². The molecule has 0 amide bonds. The zero-order chi connectivity index (χ0) is 24.5. The molecule has 1 aliphatic carbocycles. The number of nitrogens with zero attached hydrogens (tertiary/aromatic N) is 6. The Hall–Kier alpha value is -4.20. The predicted octanol–water partition coefficient (Wildman–Crippen LogP) is 4.72. The number of benzene rings is 2. The molecule has 182 valence electrons. The maximum atomic E-state index is 13.5. The van der Waals surface area contributed by atoms with Gasteiger partial charge in [-0.2, -0.15) is 10.2 Å². The van der Waals surface area contributed by atoms with Crippen molar-refractivity contribution < 1.29 is 4.74 Å². The van der Waals surface area contributed by atoms with E-state index >= 15 is 0 Å². The lowest BCUT2D eigenvalue weighted by Gasteiger charge is -2.27. The highest BCUT2D eigenvalue weighted by atomic mass is 16.5. The van der Waals surface area contributed by atoms with Crippen LogP contribution in [0.15, 0.2) is 77.9 Å². The van der Waals surface area contributed by atoms with E-state index in [1.807, 2.05) is 66.3 Å². The predicted molar refractivity (Wildman–Crippen MR) is 138 cm³/mol. The lowest BCUT2D eigenvalue weighted by atomic mass is 9.93. The molecule has 0 saturated heterocycles. The summed E-state index contributed by atoms with van der Waals surface area (Å²) in [5, 5.41) is 9.20. The Morgan fingerprint density at radius 2 is 1.83 bits per heavy atom. The molecular formula is C28H28N6O2. The van der Waals surface area contributed by atoms with Gasteiger partial charge in [0.2, 0.25) is 0 Å². The third-order valence-corrected chi connectivity index (χ3v) is 6.92. The molecule has 0 bridgehead atoms. The molecular weight excluding hydrogens is 452 g/mol. The van der Waals surface area contributed by atoms with Crippen molar-refractivity contribution in [1.82, 2.24) is 29.1 Å². The van der Waals surface area contributed by atoms with E-state index in [4.69, 9.17) is 14.8 Å². The van der Waals surface area contributed by atoms with Crippen molar-refractivity contribution in [3.8, 4) is 22.8 Å². The number of para-hydroxylation sites is 3. The Bertz CT molecular complexity index is 1560. The van der Waals surface area contributed by atoms with Gasteiger partial charge in [-0.15, -0.1) is 0 Å². The Kier molecular flexibility index (Phi) is 5.85. The summed E-state index contributed by atoms with van der Waals surface area (Å²) in [7, 11) is 2.04. The number of hydrogen-bond donors (Lipinski definition) is 0. The second kappa shape index (κ2) is 9.45. The molecule has 3 aromatic heterocycles. The molecule has 36 heavy (non-hydrogen) atoms. The van der Waals surface area contributed by atoms with Crippen molar-refractivity contribution in [2.45, 2.75) is 38.1 Å². The first-order valence-electron chi connectivity index (χ1n) is 12.5. The van der Waals surface area contributed by atoms with E-state index in [1.54, 1.807) is 17.1 Å². The van der Waals surface area contributed by atoms with Crippen LogP contribution in [0.2, 0.25) is 0 Å². The number of imidazole rings is 1. The fourth-order valence-corrected chi connectivity index (χ4v) is 4.68. The van der Waals surface area contributed by atoms with Gasteiger partial charge in [0.1, 0.15) is 5.82 Å². The molecule has 8 heteroatoms. The van der Waals surface area contributed by atoms with Crippen LogP contribution in [0, 0.1) is 0 Å². The average Bonchev–Trinajstić information content (AvgIpc) is 3.48. The van der Waals surface area contributed by atoms with Gasteiger partial charge in [0.25, 0.3) is 5.43 Å². The van der Waals surface area contributed by atoms with Crippen molar-refractivity contribution in [2.75, 3.05) is 6.61 Å². The highest BCUT2D eigenvalue weighted by molar-refractivity contribution is 5.75. The van der Waals surface area contributed by atoms with Crippen molar-refractivity contribution >= 4 is 11.0 Å². The minimum absolute atomic E-state index is 0.217. The van der Waals surface area contributed by atoms with Crippen molar-refractivity contribution in [2.24, 2.45) is 7.05 Å². The first-order valence-corrected chi connectivity index (χ1v) is 12.5. The summed E-state index contributed by atoms with van der Waals surface area (Å²) < 4.78 is 11.9. The Labute approximate surface area is 208 Å². The molecule has 8 nitrogen and oxygen atoms in total. The molecule has 3 heterocycles. The molecule has 5 aromatic rings. The summed E-state index contributed by atoms with van der Waals surface area (Å²) in [6, 6.07) is 20.0. The van der Waals surface area contributed by atoms with Crippen LogP contribution in [-0.2, 0) is 13.5 Å². The topological polar surface area (TPSA) is 79.8 Å². The summed E-state index contributed by atoms with van der Waals surface area (Å²) in [6.07, 6.45) is 8.26. The molecule has 0 unspecified atom stereocenters. The zero-order valence-corrected chi connectivity index (χ0v) is 20.2. The first-order chi connectivity index (χ1) is 17.7. The quantitative estimate of drug-likeness (QED) is 0.300. The van der Waals surface area contributed by atoms with Gasteiger partial charge in [0.05, 0.1) is 47.5 Å². The standard InChI is InChI=1S/C28H28N6O2/c1-32-23-14-6-5-13-22(23)30-26(32)15-8-18-36-25-19-33(20-11-7-12-20)31-27(28(25)35)24-16-17-29-34(24)21-9-3-2-4-10-21/h2-6,9-10,13-14,16-17,19-20H,7-8,11-12,15,18H2,1H3. The van der Waals surface area contributed by atoms with Crippen LogP contribution < -0.4 is 10.2 Å². The van der Waals surface area contributed by atoms with Crippen LogP contribution in [0.25, 0.3) is 28.1 Å². The summed E-state index contributed by atoms with van der Waals surface area (Å²) in [4.78, 5) is 18.2. The normalized spacial score (nSPS) is 13.7. The van der Waals surface area contributed by atoms with Crippen LogP contribution in [0.3, 0.4) is 0 Å². The second-order valence-electron chi connectivity index (χ2n) is 9.23. The SMILES string of the molecule is Cn1c(CCCOc2cn(C3CCC3)nc(-c3ccnn3-c3ccccc3)c2=O)nc2ccccc21. The smallest absolute Gasteiger partial charge is 0.251 e. The van der Waals surface area contributed by atoms with E-state index in [0.717, 1.165) is 48.2 Å². The molecule has 1 fully saturated rings. The van der Waals surface area contributed by atoms with Gasteiger partial charge in [-0.1, -0.05) is 30.3 Å². The van der Waals surface area contributed by atoms with Crippen LogP contribution in [0.5, 0.6) is 5.75 Å².